The van der Waals surface area contributed by atoms with Gasteiger partial charge in [-0.25, -0.2) is 0 Å². The molecule has 4 heteroatoms. The Bertz CT molecular complexity index is 779. The van der Waals surface area contributed by atoms with E-state index in [1.807, 2.05) is 37.3 Å². The summed E-state index contributed by atoms with van der Waals surface area (Å²) in [7, 11) is 0. The van der Waals surface area contributed by atoms with Crippen molar-refractivity contribution in [3.8, 4) is 5.75 Å². The third kappa shape index (κ3) is 4.69. The molecule has 0 N–H and O–H groups in total. The van der Waals surface area contributed by atoms with Crippen LogP contribution in [0.15, 0.2) is 59.1 Å². The highest BCUT2D eigenvalue weighted by atomic mass is 16.5. The first-order valence-corrected chi connectivity index (χ1v) is 8.51. The molecule has 3 rings (SSSR count). The Kier molecular flexibility index (Phi) is 5.49. The van der Waals surface area contributed by atoms with Gasteiger partial charge in [0.1, 0.15) is 12.4 Å². The zero-order valence-electron chi connectivity index (χ0n) is 14.7. The van der Waals surface area contributed by atoms with Crippen LogP contribution in [0, 0.1) is 19.8 Å². The molecule has 4 nitrogen and oxygen atoms in total. The highest BCUT2D eigenvalue weighted by molar-refractivity contribution is 5.29. The highest BCUT2D eigenvalue weighted by Crippen LogP contribution is 2.28. The van der Waals surface area contributed by atoms with E-state index in [1.54, 1.807) is 0 Å². The lowest BCUT2D eigenvalue weighted by Crippen LogP contribution is -2.11. The first kappa shape index (κ1) is 17.2. The predicted molar refractivity (Wildman–Crippen MR) is 97.2 cm³/mol. The molecular formula is C21H23N2O2. The molecule has 0 amide bonds. The molecule has 129 valence electrons. The molecule has 0 bridgehead atoms. The molecule has 2 unspecified atom stereocenters. The minimum absolute atomic E-state index is 0.109. The summed E-state index contributed by atoms with van der Waals surface area (Å²) >= 11 is 0. The molecule has 0 saturated heterocycles. The van der Waals surface area contributed by atoms with Crippen LogP contribution in [0.1, 0.15) is 35.7 Å². The lowest BCUT2D eigenvalue weighted by Gasteiger charge is -2.17. The molecule has 0 aliphatic rings. The molecule has 0 fully saturated rings. The first-order valence-electron chi connectivity index (χ1n) is 8.51. The molecule has 2 aromatic carbocycles. The smallest absolute Gasteiger partial charge is 0.230 e. The van der Waals surface area contributed by atoms with Crippen molar-refractivity contribution in [1.29, 1.82) is 0 Å². The summed E-state index contributed by atoms with van der Waals surface area (Å²) in [6, 6.07) is 18.3. The second-order valence-electron chi connectivity index (χ2n) is 6.39. The normalized spacial score (nSPS) is 12.3. The van der Waals surface area contributed by atoms with E-state index in [1.165, 1.54) is 5.56 Å². The van der Waals surface area contributed by atoms with E-state index >= 15 is 0 Å². The summed E-state index contributed by atoms with van der Waals surface area (Å²) < 4.78 is 11.2. The fourth-order valence-electron chi connectivity index (χ4n) is 2.71. The Morgan fingerprint density at radius 3 is 2.36 bits per heavy atom. The first-order chi connectivity index (χ1) is 12.1. The van der Waals surface area contributed by atoms with Crippen LogP contribution in [0.3, 0.4) is 0 Å². The van der Waals surface area contributed by atoms with E-state index in [9.17, 15) is 0 Å². The van der Waals surface area contributed by atoms with Gasteiger partial charge in [-0.3, -0.25) is 0 Å². The molecule has 1 heterocycles. The summed E-state index contributed by atoms with van der Waals surface area (Å²) in [6.07, 6.45) is 0.811. The van der Waals surface area contributed by atoms with E-state index in [2.05, 4.69) is 48.3 Å². The standard InChI is InChI=1S/C21H23N2O2/c1-15(2)20(21-22-16(3)23-25-21)13-17-9-11-19(12-10-17)24-14-18-7-5-4-6-8-18/h4-12,15,20H,1,13-14H2,2-3H3. The van der Waals surface area contributed by atoms with Gasteiger partial charge in [0.25, 0.3) is 0 Å². The maximum Gasteiger partial charge on any atom is 0.230 e. The number of hydrogen-bond acceptors (Lipinski definition) is 4. The van der Waals surface area contributed by atoms with Gasteiger partial charge < -0.3 is 9.26 Å². The summed E-state index contributed by atoms with van der Waals surface area (Å²) in [5.74, 6) is 2.46. The molecular weight excluding hydrogens is 312 g/mol. The van der Waals surface area contributed by atoms with E-state index in [0.29, 0.717) is 18.3 Å². The van der Waals surface area contributed by atoms with Crippen molar-refractivity contribution in [3.05, 3.63) is 84.4 Å². The van der Waals surface area contributed by atoms with Gasteiger partial charge in [0.05, 0.1) is 0 Å². The van der Waals surface area contributed by atoms with Crippen LogP contribution >= 0.6 is 0 Å². The SMILES string of the molecule is [CH2]C(C)C(Cc1ccc(OCc2ccccc2)cc1)c1nc(C)no1. The number of rotatable bonds is 7. The van der Waals surface area contributed by atoms with Crippen LogP contribution in [0.25, 0.3) is 0 Å². The molecule has 0 aliphatic carbocycles. The molecule has 2 atom stereocenters. The Balaban J connectivity index is 1.63. The van der Waals surface area contributed by atoms with Gasteiger partial charge in [-0.1, -0.05) is 54.5 Å². The third-order valence-corrected chi connectivity index (χ3v) is 4.17. The van der Waals surface area contributed by atoms with Crippen molar-refractivity contribution < 1.29 is 9.26 Å². The van der Waals surface area contributed by atoms with Gasteiger partial charge in [0.2, 0.25) is 5.89 Å². The average Bonchev–Trinajstić information content (AvgIpc) is 3.05. The van der Waals surface area contributed by atoms with Crippen molar-refractivity contribution in [1.82, 2.24) is 10.1 Å². The summed E-state index contributed by atoms with van der Waals surface area (Å²) in [5, 5.41) is 3.89. The fourth-order valence-corrected chi connectivity index (χ4v) is 2.71. The maximum atomic E-state index is 5.83. The highest BCUT2D eigenvalue weighted by Gasteiger charge is 2.22. The van der Waals surface area contributed by atoms with E-state index in [4.69, 9.17) is 9.26 Å². The van der Waals surface area contributed by atoms with E-state index < -0.39 is 0 Å². The number of hydrogen-bond donors (Lipinski definition) is 0. The molecule has 0 saturated carbocycles. The number of ether oxygens (including phenoxy) is 1. The topological polar surface area (TPSA) is 48.2 Å². The minimum atomic E-state index is 0.109. The molecule has 3 aromatic rings. The Morgan fingerprint density at radius 1 is 1.04 bits per heavy atom. The van der Waals surface area contributed by atoms with Gasteiger partial charge in [-0.15, -0.1) is 0 Å². The second kappa shape index (κ2) is 7.97. The molecule has 25 heavy (non-hydrogen) atoms. The van der Waals surface area contributed by atoms with Crippen molar-refractivity contribution in [3.63, 3.8) is 0 Å². The Hall–Kier alpha value is -2.62. The summed E-state index contributed by atoms with van der Waals surface area (Å²) in [4.78, 5) is 4.37. The van der Waals surface area contributed by atoms with Crippen LogP contribution in [-0.4, -0.2) is 10.1 Å². The van der Waals surface area contributed by atoms with Gasteiger partial charge in [0.15, 0.2) is 5.82 Å². The van der Waals surface area contributed by atoms with E-state index in [0.717, 1.165) is 17.7 Å². The van der Waals surface area contributed by atoms with Crippen LogP contribution in [0.5, 0.6) is 5.75 Å². The molecule has 1 radical (unpaired) electrons. The van der Waals surface area contributed by atoms with Crippen molar-refractivity contribution in [2.45, 2.75) is 32.8 Å². The number of aryl methyl sites for hydroxylation is 1. The number of nitrogens with zero attached hydrogens (tertiary/aromatic N) is 2. The van der Waals surface area contributed by atoms with Crippen LogP contribution < -0.4 is 4.74 Å². The average molecular weight is 335 g/mol. The monoisotopic (exact) mass is 335 g/mol. The number of aromatic nitrogens is 2. The maximum absolute atomic E-state index is 5.83. The largest absolute Gasteiger partial charge is 0.489 e. The molecule has 0 aliphatic heterocycles. The lowest BCUT2D eigenvalue weighted by molar-refractivity contribution is 0.306. The van der Waals surface area contributed by atoms with Gasteiger partial charge in [-0.05, 0) is 49.4 Å². The second-order valence-corrected chi connectivity index (χ2v) is 6.39. The quantitative estimate of drug-likeness (QED) is 0.625. The molecule has 1 aromatic heterocycles. The Labute approximate surface area is 148 Å². The lowest BCUT2D eigenvalue weighted by atomic mass is 9.89. The van der Waals surface area contributed by atoms with Crippen molar-refractivity contribution >= 4 is 0 Å². The van der Waals surface area contributed by atoms with Crippen LogP contribution in [0.4, 0.5) is 0 Å². The zero-order chi connectivity index (χ0) is 17.6. The fraction of sp³-hybridized carbons (Fsp3) is 0.286. The van der Waals surface area contributed by atoms with Gasteiger partial charge >= 0.3 is 0 Å². The van der Waals surface area contributed by atoms with Crippen molar-refractivity contribution in [2.24, 2.45) is 5.92 Å². The number of benzene rings is 2. The predicted octanol–water partition coefficient (Wildman–Crippen LogP) is 4.75. The summed E-state index contributed by atoms with van der Waals surface area (Å²) in [6.45, 7) is 8.62. The van der Waals surface area contributed by atoms with Gasteiger partial charge in [-0.2, -0.15) is 4.98 Å². The third-order valence-electron chi connectivity index (χ3n) is 4.17. The van der Waals surface area contributed by atoms with Gasteiger partial charge in [0, 0.05) is 5.92 Å². The van der Waals surface area contributed by atoms with Crippen LogP contribution in [0.2, 0.25) is 0 Å². The molecule has 0 spiro atoms. The Morgan fingerprint density at radius 2 is 1.76 bits per heavy atom. The minimum Gasteiger partial charge on any atom is -0.489 e. The van der Waals surface area contributed by atoms with Crippen LogP contribution in [-0.2, 0) is 13.0 Å². The summed E-state index contributed by atoms with van der Waals surface area (Å²) in [5.41, 5.74) is 2.35. The van der Waals surface area contributed by atoms with Crippen molar-refractivity contribution in [2.75, 3.05) is 0 Å². The zero-order valence-corrected chi connectivity index (χ0v) is 14.7. The van der Waals surface area contributed by atoms with E-state index in [-0.39, 0.29) is 11.8 Å².